The minimum Gasteiger partial charge on any atom is -0.457 e. The molecule has 57 heavy (non-hydrogen) atoms. The molecule has 2 aromatic heterocycles. The zero-order chi connectivity index (χ0) is 39.3. The van der Waals surface area contributed by atoms with E-state index in [9.17, 15) is 0 Å². The van der Waals surface area contributed by atoms with Crippen LogP contribution in [0.2, 0.25) is 0 Å². The van der Waals surface area contributed by atoms with Gasteiger partial charge in [-0.3, -0.25) is 4.57 Å². The number of benzene rings is 6. The van der Waals surface area contributed by atoms with Gasteiger partial charge in [0.2, 0.25) is 0 Å². The van der Waals surface area contributed by atoms with Crippen LogP contribution in [0.25, 0.3) is 49.9 Å². The molecule has 0 bridgehead atoms. The smallest absolute Gasteiger partial charge is 0.137 e. The highest BCUT2D eigenvalue weighted by molar-refractivity contribution is 6.09. The summed E-state index contributed by atoms with van der Waals surface area (Å²) in [6.45, 7) is 14.2. The first-order chi connectivity index (χ1) is 27.5. The second-order valence-corrected chi connectivity index (χ2v) is 17.1. The van der Waals surface area contributed by atoms with Gasteiger partial charge in [0.1, 0.15) is 17.3 Å². The van der Waals surface area contributed by atoms with Crippen molar-refractivity contribution in [2.24, 2.45) is 5.41 Å². The summed E-state index contributed by atoms with van der Waals surface area (Å²) >= 11 is 0. The molecule has 282 valence electrons. The van der Waals surface area contributed by atoms with Gasteiger partial charge in [0.15, 0.2) is 0 Å². The van der Waals surface area contributed by atoms with Crippen LogP contribution in [-0.2, 0) is 5.41 Å². The molecule has 9 rings (SSSR count). The van der Waals surface area contributed by atoms with Crippen LogP contribution in [0.4, 0.5) is 11.4 Å². The molecule has 8 aromatic rings. The predicted octanol–water partition coefficient (Wildman–Crippen LogP) is 13.8. The van der Waals surface area contributed by atoms with Crippen molar-refractivity contribution in [1.29, 1.82) is 0 Å². The first kappa shape index (κ1) is 36.1. The Hall–Kier alpha value is -6.59. The van der Waals surface area contributed by atoms with Crippen molar-refractivity contribution in [3.05, 3.63) is 181 Å². The topological polar surface area (TPSA) is 33.5 Å². The van der Waals surface area contributed by atoms with Gasteiger partial charge >= 0.3 is 0 Å². The number of allylic oxidation sites excluding steroid dienone is 1. The van der Waals surface area contributed by atoms with E-state index in [1.165, 1.54) is 44.3 Å². The second kappa shape index (κ2) is 14.2. The van der Waals surface area contributed by atoms with Crippen LogP contribution in [0.15, 0.2) is 176 Å². The molecule has 0 amide bonds. The van der Waals surface area contributed by atoms with Crippen LogP contribution < -0.4 is 14.5 Å². The minimum atomic E-state index is -0.109. The van der Waals surface area contributed by atoms with Crippen LogP contribution >= 0.6 is 0 Å². The lowest BCUT2D eigenvalue weighted by Crippen LogP contribution is -2.30. The number of para-hydroxylation sites is 1. The molecule has 1 aliphatic rings. The Labute approximate surface area is 336 Å². The molecule has 0 aliphatic carbocycles. The summed E-state index contributed by atoms with van der Waals surface area (Å²) < 4.78 is 8.98. The van der Waals surface area contributed by atoms with E-state index in [-0.39, 0.29) is 10.8 Å². The SMILES string of the molecule is CC(C)(C)C1=CN(c2cc(-c3ccccc3)cc(-c3ccccc3)c2)CN1c1cccc(Oc2ccc3c4ccccc4n(-c4cc(C(C)(C)C)ccn4)c3c2)c1. The first-order valence-corrected chi connectivity index (χ1v) is 19.8. The Morgan fingerprint density at radius 1 is 0.509 bits per heavy atom. The predicted molar refractivity (Wildman–Crippen MR) is 238 cm³/mol. The number of nitrogens with zero attached hydrogens (tertiary/aromatic N) is 4. The van der Waals surface area contributed by atoms with Crippen molar-refractivity contribution >= 4 is 33.2 Å². The molecule has 6 aromatic carbocycles. The second-order valence-electron chi connectivity index (χ2n) is 17.1. The third kappa shape index (κ3) is 7.06. The van der Waals surface area contributed by atoms with Crippen LogP contribution in [0.1, 0.15) is 47.1 Å². The standard InChI is InChI=1S/C52H48N4O/c1-51(2,3)40-26-27-53-50(31-40)56-47-23-14-13-22-45(47)46-25-24-44(33-48(46)56)57-43-21-15-20-41(32-43)55-35-54(34-49(55)52(4,5)6)42-29-38(36-16-9-7-10-17-36)28-39(30-42)37-18-11-8-12-19-37/h7-34H,35H2,1-6H3. The Bertz CT molecular complexity index is 2710. The maximum absolute atomic E-state index is 6.72. The Kier molecular flexibility index (Phi) is 8.96. The maximum atomic E-state index is 6.72. The zero-order valence-electron chi connectivity index (χ0n) is 33.6. The van der Waals surface area contributed by atoms with E-state index in [0.717, 1.165) is 39.7 Å². The lowest BCUT2D eigenvalue weighted by molar-refractivity contribution is 0.481. The highest BCUT2D eigenvalue weighted by Crippen LogP contribution is 2.42. The molecule has 0 atom stereocenters. The average Bonchev–Trinajstić information content (AvgIpc) is 3.82. The molecule has 5 heteroatoms. The van der Waals surface area contributed by atoms with Crippen LogP contribution in [0, 0.1) is 5.41 Å². The number of rotatable bonds is 7. The molecular weight excluding hydrogens is 697 g/mol. The molecular formula is C52H48N4O. The van der Waals surface area contributed by atoms with Crippen molar-refractivity contribution in [1.82, 2.24) is 9.55 Å². The van der Waals surface area contributed by atoms with Gasteiger partial charge in [-0.1, -0.05) is 126 Å². The zero-order valence-corrected chi connectivity index (χ0v) is 33.6. The summed E-state index contributed by atoms with van der Waals surface area (Å²) in [7, 11) is 0. The summed E-state index contributed by atoms with van der Waals surface area (Å²) in [6, 6.07) is 56.0. The molecule has 0 fully saturated rings. The normalized spacial score (nSPS) is 13.4. The summed E-state index contributed by atoms with van der Waals surface area (Å²) in [6.07, 6.45) is 4.24. The molecule has 0 saturated heterocycles. The van der Waals surface area contributed by atoms with E-state index in [0.29, 0.717) is 6.67 Å². The number of hydrogen-bond donors (Lipinski definition) is 0. The van der Waals surface area contributed by atoms with Gasteiger partial charge in [-0.15, -0.1) is 0 Å². The molecule has 0 unspecified atom stereocenters. The molecule has 0 radical (unpaired) electrons. The molecule has 3 heterocycles. The fourth-order valence-electron chi connectivity index (χ4n) is 7.95. The van der Waals surface area contributed by atoms with Crippen molar-refractivity contribution in [2.45, 2.75) is 47.0 Å². The third-order valence-corrected chi connectivity index (χ3v) is 10.9. The highest BCUT2D eigenvalue weighted by Gasteiger charge is 2.32. The van der Waals surface area contributed by atoms with E-state index in [1.54, 1.807) is 0 Å². The van der Waals surface area contributed by atoms with Crippen molar-refractivity contribution in [3.8, 4) is 39.6 Å². The summed E-state index contributed by atoms with van der Waals surface area (Å²) in [5.41, 5.74) is 11.6. The van der Waals surface area contributed by atoms with E-state index in [4.69, 9.17) is 9.72 Å². The fraction of sp³-hybridized carbons (Fsp3) is 0.173. The van der Waals surface area contributed by atoms with Crippen molar-refractivity contribution in [2.75, 3.05) is 16.5 Å². The summed E-state index contributed by atoms with van der Waals surface area (Å²) in [5, 5.41) is 2.35. The Balaban J connectivity index is 1.06. The van der Waals surface area contributed by atoms with Crippen molar-refractivity contribution < 1.29 is 4.74 Å². The number of ether oxygens (including phenoxy) is 1. The quantitative estimate of drug-likeness (QED) is 0.163. The van der Waals surface area contributed by atoms with Crippen LogP contribution in [-0.4, -0.2) is 16.2 Å². The minimum absolute atomic E-state index is 0.00144. The number of aromatic nitrogens is 2. The molecule has 5 nitrogen and oxygen atoms in total. The number of pyridine rings is 1. The van der Waals surface area contributed by atoms with Gasteiger partial charge in [0.05, 0.1) is 17.7 Å². The number of fused-ring (bicyclic) bond motifs is 3. The van der Waals surface area contributed by atoms with Gasteiger partial charge in [0.25, 0.3) is 0 Å². The lowest BCUT2D eigenvalue weighted by atomic mass is 9.88. The van der Waals surface area contributed by atoms with E-state index >= 15 is 0 Å². The molecule has 0 N–H and O–H groups in total. The van der Waals surface area contributed by atoms with Gasteiger partial charge in [0, 0.05) is 57.8 Å². The first-order valence-electron chi connectivity index (χ1n) is 19.8. The molecule has 0 spiro atoms. The largest absolute Gasteiger partial charge is 0.457 e. The van der Waals surface area contributed by atoms with Gasteiger partial charge in [-0.2, -0.15) is 0 Å². The Morgan fingerprint density at radius 2 is 1.16 bits per heavy atom. The number of hydrogen-bond acceptors (Lipinski definition) is 4. The van der Waals surface area contributed by atoms with Crippen LogP contribution in [0.3, 0.4) is 0 Å². The van der Waals surface area contributed by atoms with Gasteiger partial charge < -0.3 is 14.5 Å². The van der Waals surface area contributed by atoms with E-state index in [1.807, 2.05) is 12.3 Å². The fourth-order valence-corrected chi connectivity index (χ4v) is 7.95. The van der Waals surface area contributed by atoms with Gasteiger partial charge in [-0.05, 0) is 93.9 Å². The van der Waals surface area contributed by atoms with Gasteiger partial charge in [-0.25, -0.2) is 4.98 Å². The lowest BCUT2D eigenvalue weighted by Gasteiger charge is -2.31. The summed E-state index contributed by atoms with van der Waals surface area (Å²) in [5.74, 6) is 2.46. The third-order valence-electron chi connectivity index (χ3n) is 10.9. The average molecular weight is 745 g/mol. The number of anilines is 2. The maximum Gasteiger partial charge on any atom is 0.137 e. The highest BCUT2D eigenvalue weighted by atomic mass is 16.5. The molecule has 1 aliphatic heterocycles. The van der Waals surface area contributed by atoms with Crippen LogP contribution in [0.5, 0.6) is 11.5 Å². The molecule has 0 saturated carbocycles. The Morgan fingerprint density at radius 3 is 1.84 bits per heavy atom. The van der Waals surface area contributed by atoms with Crippen molar-refractivity contribution in [3.63, 3.8) is 0 Å². The monoisotopic (exact) mass is 744 g/mol. The summed E-state index contributed by atoms with van der Waals surface area (Å²) in [4.78, 5) is 9.66. The van der Waals surface area contributed by atoms with E-state index in [2.05, 4.69) is 214 Å². The van der Waals surface area contributed by atoms with E-state index < -0.39 is 0 Å².